The molecule has 126 valence electrons. The summed E-state index contributed by atoms with van der Waals surface area (Å²) < 4.78 is 5.39. The first-order valence-corrected chi connectivity index (χ1v) is 7.76. The molecule has 7 heteroatoms. The Balaban J connectivity index is 0.00000192. The molecule has 0 spiro atoms. The molecule has 1 aromatic rings. The summed E-state index contributed by atoms with van der Waals surface area (Å²) in [5, 5.41) is 6.30. The fourth-order valence-electron chi connectivity index (χ4n) is 2.89. The lowest BCUT2D eigenvalue weighted by Gasteiger charge is -2.29. The average molecular weight is 340 g/mol. The maximum absolute atomic E-state index is 12.1. The number of ether oxygens (including phenoxy) is 1. The molecule has 3 rings (SSSR count). The molecule has 0 aliphatic carbocycles. The molecular formula is C16H22ClN3O3. The summed E-state index contributed by atoms with van der Waals surface area (Å²) in [4.78, 5) is 25.7. The number of nitrogens with one attached hydrogen (secondary N) is 2. The monoisotopic (exact) mass is 339 g/mol. The van der Waals surface area contributed by atoms with E-state index in [1.807, 2.05) is 24.3 Å². The smallest absolute Gasteiger partial charge is 0.265 e. The van der Waals surface area contributed by atoms with E-state index in [0.717, 1.165) is 31.6 Å². The van der Waals surface area contributed by atoms with Crippen molar-refractivity contribution in [3.8, 4) is 5.75 Å². The van der Waals surface area contributed by atoms with Crippen LogP contribution in [0.2, 0.25) is 0 Å². The number of amides is 2. The van der Waals surface area contributed by atoms with Crippen LogP contribution >= 0.6 is 12.4 Å². The second-order valence-electron chi connectivity index (χ2n) is 5.66. The molecule has 2 amide bonds. The van der Waals surface area contributed by atoms with Crippen molar-refractivity contribution in [1.29, 1.82) is 0 Å². The number of rotatable bonds is 4. The number of anilines is 1. The van der Waals surface area contributed by atoms with Gasteiger partial charge in [-0.2, -0.15) is 0 Å². The van der Waals surface area contributed by atoms with E-state index in [0.29, 0.717) is 18.7 Å². The summed E-state index contributed by atoms with van der Waals surface area (Å²) in [7, 11) is 0. The highest BCUT2D eigenvalue weighted by molar-refractivity contribution is 5.98. The van der Waals surface area contributed by atoms with Crippen molar-refractivity contribution in [3.63, 3.8) is 0 Å². The molecule has 2 aliphatic heterocycles. The van der Waals surface area contributed by atoms with E-state index in [4.69, 9.17) is 4.74 Å². The lowest BCUT2D eigenvalue weighted by molar-refractivity contribution is -0.122. The largest absolute Gasteiger partial charge is 0.482 e. The van der Waals surface area contributed by atoms with Gasteiger partial charge in [-0.05, 0) is 31.5 Å². The molecule has 0 saturated carbocycles. The normalized spacial score (nSPS) is 20.1. The lowest BCUT2D eigenvalue weighted by atomic mass is 10.1. The van der Waals surface area contributed by atoms with E-state index in [1.165, 1.54) is 0 Å². The number of nitrogens with zero attached hydrogens (tertiary/aromatic N) is 1. The van der Waals surface area contributed by atoms with Crippen LogP contribution in [0.4, 0.5) is 5.69 Å². The van der Waals surface area contributed by atoms with E-state index >= 15 is 0 Å². The standard InChI is InChI=1S/C16H21N3O3.ClH/c20-15(18-12-4-3-8-17-10-12)7-9-19-13-5-1-2-6-14(13)22-11-16(19)21;/h1-2,5-6,12,17H,3-4,7-11H2,(H,18,20);1H. The SMILES string of the molecule is Cl.O=C(CCN1C(=O)COc2ccccc21)NC1CCCNC1. The van der Waals surface area contributed by atoms with Gasteiger partial charge in [-0.3, -0.25) is 9.59 Å². The van der Waals surface area contributed by atoms with Gasteiger partial charge < -0.3 is 20.3 Å². The van der Waals surface area contributed by atoms with Gasteiger partial charge >= 0.3 is 0 Å². The highest BCUT2D eigenvalue weighted by atomic mass is 35.5. The third-order valence-electron chi connectivity index (χ3n) is 4.03. The van der Waals surface area contributed by atoms with Gasteiger partial charge in [0.05, 0.1) is 5.69 Å². The van der Waals surface area contributed by atoms with Crippen LogP contribution in [0.3, 0.4) is 0 Å². The maximum Gasteiger partial charge on any atom is 0.265 e. The average Bonchev–Trinajstić information content (AvgIpc) is 2.55. The minimum Gasteiger partial charge on any atom is -0.482 e. The van der Waals surface area contributed by atoms with Crippen molar-refractivity contribution in [3.05, 3.63) is 24.3 Å². The number of hydrogen-bond acceptors (Lipinski definition) is 4. The summed E-state index contributed by atoms with van der Waals surface area (Å²) in [6.45, 7) is 2.26. The van der Waals surface area contributed by atoms with Gasteiger partial charge in [0.2, 0.25) is 5.91 Å². The number of halogens is 1. The van der Waals surface area contributed by atoms with E-state index in [-0.39, 0.29) is 36.9 Å². The molecule has 0 bridgehead atoms. The van der Waals surface area contributed by atoms with Crippen LogP contribution in [0.1, 0.15) is 19.3 Å². The summed E-state index contributed by atoms with van der Waals surface area (Å²) >= 11 is 0. The minimum atomic E-state index is -0.106. The summed E-state index contributed by atoms with van der Waals surface area (Å²) in [6, 6.07) is 7.61. The Morgan fingerprint density at radius 3 is 3.00 bits per heavy atom. The van der Waals surface area contributed by atoms with E-state index in [1.54, 1.807) is 4.90 Å². The molecule has 1 unspecified atom stereocenters. The molecule has 2 aliphatic rings. The first-order chi connectivity index (χ1) is 10.7. The van der Waals surface area contributed by atoms with Crippen molar-refractivity contribution in [1.82, 2.24) is 10.6 Å². The number of para-hydroxylation sites is 2. The Bertz CT molecular complexity index is 561. The van der Waals surface area contributed by atoms with E-state index < -0.39 is 0 Å². The van der Waals surface area contributed by atoms with E-state index in [9.17, 15) is 9.59 Å². The van der Waals surface area contributed by atoms with Gasteiger partial charge in [0, 0.05) is 25.6 Å². The Hall–Kier alpha value is -1.79. The Morgan fingerprint density at radius 2 is 2.22 bits per heavy atom. The zero-order valence-corrected chi connectivity index (χ0v) is 13.7. The first kappa shape index (κ1) is 17.6. The van der Waals surface area contributed by atoms with Crippen LogP contribution in [-0.2, 0) is 9.59 Å². The predicted molar refractivity (Wildman–Crippen MR) is 90.2 cm³/mol. The zero-order valence-electron chi connectivity index (χ0n) is 12.9. The van der Waals surface area contributed by atoms with Crippen LogP contribution in [0.15, 0.2) is 24.3 Å². The van der Waals surface area contributed by atoms with Gasteiger partial charge in [0.25, 0.3) is 5.91 Å². The zero-order chi connectivity index (χ0) is 15.4. The number of fused-ring (bicyclic) bond motifs is 1. The quantitative estimate of drug-likeness (QED) is 0.861. The van der Waals surface area contributed by atoms with Crippen LogP contribution in [0.25, 0.3) is 0 Å². The van der Waals surface area contributed by atoms with Crippen molar-refractivity contribution in [2.45, 2.75) is 25.3 Å². The lowest BCUT2D eigenvalue weighted by Crippen LogP contribution is -2.47. The van der Waals surface area contributed by atoms with Crippen molar-refractivity contribution in [2.75, 3.05) is 31.1 Å². The van der Waals surface area contributed by atoms with Gasteiger partial charge in [-0.25, -0.2) is 0 Å². The molecule has 23 heavy (non-hydrogen) atoms. The number of piperidine rings is 1. The maximum atomic E-state index is 12.1. The summed E-state index contributed by atoms with van der Waals surface area (Å²) in [6.07, 6.45) is 2.40. The van der Waals surface area contributed by atoms with Crippen molar-refractivity contribution in [2.24, 2.45) is 0 Å². The molecular weight excluding hydrogens is 318 g/mol. The highest BCUT2D eigenvalue weighted by Crippen LogP contribution is 2.31. The van der Waals surface area contributed by atoms with Crippen LogP contribution in [0.5, 0.6) is 5.75 Å². The number of benzene rings is 1. The fraction of sp³-hybridized carbons (Fsp3) is 0.500. The first-order valence-electron chi connectivity index (χ1n) is 7.76. The number of carbonyl (C=O) groups excluding carboxylic acids is 2. The Labute approximate surface area is 142 Å². The highest BCUT2D eigenvalue weighted by Gasteiger charge is 2.25. The van der Waals surface area contributed by atoms with Crippen molar-refractivity contribution >= 4 is 29.9 Å². The molecule has 6 nitrogen and oxygen atoms in total. The van der Waals surface area contributed by atoms with Crippen LogP contribution in [0, 0.1) is 0 Å². The van der Waals surface area contributed by atoms with Crippen molar-refractivity contribution < 1.29 is 14.3 Å². The molecule has 1 saturated heterocycles. The molecule has 2 heterocycles. The molecule has 1 aromatic carbocycles. The Kier molecular flexibility index (Phi) is 6.24. The van der Waals surface area contributed by atoms with E-state index in [2.05, 4.69) is 10.6 Å². The van der Waals surface area contributed by atoms with Gasteiger partial charge in [0.1, 0.15) is 5.75 Å². The van der Waals surface area contributed by atoms with Gasteiger partial charge in [0.15, 0.2) is 6.61 Å². The van der Waals surface area contributed by atoms with Crippen LogP contribution < -0.4 is 20.3 Å². The van der Waals surface area contributed by atoms with Gasteiger partial charge in [-0.1, -0.05) is 12.1 Å². The fourth-order valence-corrected chi connectivity index (χ4v) is 2.89. The Morgan fingerprint density at radius 1 is 1.39 bits per heavy atom. The van der Waals surface area contributed by atoms with Crippen LogP contribution in [-0.4, -0.2) is 44.1 Å². The molecule has 0 aromatic heterocycles. The second kappa shape index (κ2) is 8.17. The third-order valence-corrected chi connectivity index (χ3v) is 4.03. The molecule has 1 fully saturated rings. The van der Waals surface area contributed by atoms with Gasteiger partial charge in [-0.15, -0.1) is 12.4 Å². The number of hydrogen-bond donors (Lipinski definition) is 2. The predicted octanol–water partition coefficient (Wildman–Crippen LogP) is 1.09. The third kappa shape index (κ3) is 4.36. The molecule has 1 atom stereocenters. The molecule has 0 radical (unpaired) electrons. The summed E-state index contributed by atoms with van der Waals surface area (Å²) in [5.74, 6) is 0.579. The summed E-state index contributed by atoms with van der Waals surface area (Å²) in [5.41, 5.74) is 0.742. The topological polar surface area (TPSA) is 70.7 Å². The molecule has 2 N–H and O–H groups in total. The minimum absolute atomic E-state index is 0. The number of carbonyl (C=O) groups is 2. The second-order valence-corrected chi connectivity index (χ2v) is 5.66.